The lowest BCUT2D eigenvalue weighted by Gasteiger charge is -2.12. The summed E-state index contributed by atoms with van der Waals surface area (Å²) in [6.45, 7) is 0.412. The first kappa shape index (κ1) is 10.9. The molecule has 16 heavy (non-hydrogen) atoms. The van der Waals surface area contributed by atoms with Gasteiger partial charge in [-0.2, -0.15) is 0 Å². The molecular weight excluding hydrogens is 206 g/mol. The number of nitrogens with zero attached hydrogens (tertiary/aromatic N) is 3. The van der Waals surface area contributed by atoms with E-state index < -0.39 is 0 Å². The summed E-state index contributed by atoms with van der Waals surface area (Å²) in [5.74, 6) is 0.751. The van der Waals surface area contributed by atoms with Gasteiger partial charge in [0.25, 0.3) is 0 Å². The predicted molar refractivity (Wildman–Crippen MR) is 58.6 cm³/mol. The van der Waals surface area contributed by atoms with E-state index in [1.54, 1.807) is 10.9 Å². The molecule has 1 aliphatic carbocycles. The van der Waals surface area contributed by atoms with Gasteiger partial charge in [-0.3, -0.25) is 0 Å². The molecule has 6 nitrogen and oxygen atoms in total. The Labute approximate surface area is 94.4 Å². The summed E-state index contributed by atoms with van der Waals surface area (Å²) in [7, 11) is 1.85. The van der Waals surface area contributed by atoms with Crippen molar-refractivity contribution in [3.8, 4) is 0 Å². The number of urea groups is 1. The molecule has 0 aliphatic heterocycles. The van der Waals surface area contributed by atoms with Gasteiger partial charge >= 0.3 is 6.03 Å². The molecule has 0 aromatic carbocycles. The first-order valence-corrected chi connectivity index (χ1v) is 5.63. The van der Waals surface area contributed by atoms with Crippen molar-refractivity contribution < 1.29 is 4.79 Å². The number of aromatic nitrogens is 3. The molecule has 1 aromatic rings. The molecule has 2 N–H and O–H groups in total. The number of rotatable bonds is 3. The van der Waals surface area contributed by atoms with Crippen LogP contribution in [0.5, 0.6) is 0 Å². The van der Waals surface area contributed by atoms with Crippen molar-refractivity contribution in [2.75, 3.05) is 0 Å². The summed E-state index contributed by atoms with van der Waals surface area (Å²) < 4.78 is 1.79. The minimum absolute atomic E-state index is 0.116. The van der Waals surface area contributed by atoms with Crippen molar-refractivity contribution >= 4 is 6.03 Å². The Morgan fingerprint density at radius 3 is 2.94 bits per heavy atom. The fraction of sp³-hybridized carbons (Fsp3) is 0.700. The number of amides is 2. The standard InChI is InChI=1S/C10H17N5O/c1-15-7-12-14-9(15)6-11-10(16)13-8-4-2-3-5-8/h7-8H,2-6H2,1H3,(H2,11,13,16). The van der Waals surface area contributed by atoms with Crippen LogP contribution in [0.4, 0.5) is 4.79 Å². The average molecular weight is 223 g/mol. The van der Waals surface area contributed by atoms with E-state index in [1.807, 2.05) is 7.05 Å². The second-order valence-corrected chi connectivity index (χ2v) is 4.17. The predicted octanol–water partition coefficient (Wildman–Crippen LogP) is 0.557. The Balaban J connectivity index is 1.73. The van der Waals surface area contributed by atoms with Gasteiger partial charge in [-0.1, -0.05) is 12.8 Å². The van der Waals surface area contributed by atoms with Crippen LogP contribution in [-0.2, 0) is 13.6 Å². The van der Waals surface area contributed by atoms with Crippen LogP contribution < -0.4 is 10.6 Å². The Bertz CT molecular complexity index is 356. The second kappa shape index (κ2) is 4.96. The highest BCUT2D eigenvalue weighted by molar-refractivity contribution is 5.74. The van der Waals surface area contributed by atoms with Gasteiger partial charge in [0.05, 0.1) is 6.54 Å². The monoisotopic (exact) mass is 223 g/mol. The van der Waals surface area contributed by atoms with Gasteiger partial charge in [0.2, 0.25) is 0 Å². The van der Waals surface area contributed by atoms with Crippen LogP contribution in [-0.4, -0.2) is 26.8 Å². The van der Waals surface area contributed by atoms with E-state index in [0.29, 0.717) is 12.6 Å². The third kappa shape index (κ3) is 2.71. The van der Waals surface area contributed by atoms with Gasteiger partial charge in [-0.25, -0.2) is 4.79 Å². The van der Waals surface area contributed by atoms with Crippen molar-refractivity contribution in [3.63, 3.8) is 0 Å². The maximum Gasteiger partial charge on any atom is 0.315 e. The number of hydrogen-bond donors (Lipinski definition) is 2. The van der Waals surface area contributed by atoms with Crippen molar-refractivity contribution in [1.29, 1.82) is 0 Å². The van der Waals surface area contributed by atoms with Crippen molar-refractivity contribution in [3.05, 3.63) is 12.2 Å². The van der Waals surface area contributed by atoms with E-state index in [-0.39, 0.29) is 6.03 Å². The fourth-order valence-electron chi connectivity index (χ4n) is 1.93. The molecule has 0 spiro atoms. The molecule has 0 unspecified atom stereocenters. The maximum atomic E-state index is 11.5. The van der Waals surface area contributed by atoms with Crippen LogP contribution >= 0.6 is 0 Å². The number of aryl methyl sites for hydroxylation is 1. The van der Waals surface area contributed by atoms with Crippen LogP contribution in [0.2, 0.25) is 0 Å². The molecule has 2 amide bonds. The summed E-state index contributed by atoms with van der Waals surface area (Å²) in [5.41, 5.74) is 0. The molecular formula is C10H17N5O. The highest BCUT2D eigenvalue weighted by atomic mass is 16.2. The molecule has 0 atom stereocenters. The molecule has 88 valence electrons. The maximum absolute atomic E-state index is 11.5. The zero-order valence-corrected chi connectivity index (χ0v) is 9.44. The van der Waals surface area contributed by atoms with E-state index in [1.165, 1.54) is 12.8 Å². The van der Waals surface area contributed by atoms with Crippen LogP contribution in [0.1, 0.15) is 31.5 Å². The third-order valence-corrected chi connectivity index (χ3v) is 2.90. The lowest BCUT2D eigenvalue weighted by molar-refractivity contribution is 0.236. The van der Waals surface area contributed by atoms with E-state index in [4.69, 9.17) is 0 Å². The molecule has 1 saturated carbocycles. The largest absolute Gasteiger partial charge is 0.335 e. The van der Waals surface area contributed by atoms with E-state index in [0.717, 1.165) is 18.7 Å². The Morgan fingerprint density at radius 2 is 2.31 bits per heavy atom. The Morgan fingerprint density at radius 1 is 1.56 bits per heavy atom. The van der Waals surface area contributed by atoms with Gasteiger partial charge in [-0.15, -0.1) is 10.2 Å². The zero-order chi connectivity index (χ0) is 11.4. The summed E-state index contributed by atoms with van der Waals surface area (Å²) in [6, 6.07) is 0.231. The van der Waals surface area contributed by atoms with Crippen LogP contribution in [0.3, 0.4) is 0 Å². The summed E-state index contributed by atoms with van der Waals surface area (Å²) >= 11 is 0. The Hall–Kier alpha value is -1.59. The topological polar surface area (TPSA) is 71.8 Å². The normalized spacial score (nSPS) is 16.3. The Kier molecular flexibility index (Phi) is 3.38. The average Bonchev–Trinajstić information content (AvgIpc) is 2.87. The second-order valence-electron chi connectivity index (χ2n) is 4.17. The number of hydrogen-bond acceptors (Lipinski definition) is 3. The van der Waals surface area contributed by atoms with Gasteiger partial charge in [-0.05, 0) is 12.8 Å². The molecule has 2 rings (SSSR count). The van der Waals surface area contributed by atoms with Crippen molar-refractivity contribution in [2.24, 2.45) is 7.05 Å². The van der Waals surface area contributed by atoms with Gasteiger partial charge in [0.1, 0.15) is 6.33 Å². The zero-order valence-electron chi connectivity index (χ0n) is 9.44. The summed E-state index contributed by atoms with van der Waals surface area (Å²) in [6.07, 6.45) is 6.24. The molecule has 0 saturated heterocycles. The van der Waals surface area contributed by atoms with Gasteiger partial charge in [0, 0.05) is 13.1 Å². The van der Waals surface area contributed by atoms with Crippen molar-refractivity contribution in [2.45, 2.75) is 38.3 Å². The molecule has 6 heteroatoms. The molecule has 0 radical (unpaired) electrons. The number of nitrogens with one attached hydrogen (secondary N) is 2. The molecule has 1 aromatic heterocycles. The van der Waals surface area contributed by atoms with E-state index in [9.17, 15) is 4.79 Å². The first-order valence-electron chi connectivity index (χ1n) is 5.63. The fourth-order valence-corrected chi connectivity index (χ4v) is 1.93. The third-order valence-electron chi connectivity index (χ3n) is 2.90. The lowest BCUT2D eigenvalue weighted by Crippen LogP contribution is -2.40. The smallest absolute Gasteiger partial charge is 0.315 e. The van der Waals surface area contributed by atoms with Crippen LogP contribution in [0.15, 0.2) is 6.33 Å². The quantitative estimate of drug-likeness (QED) is 0.786. The molecule has 1 fully saturated rings. The van der Waals surface area contributed by atoms with E-state index >= 15 is 0 Å². The first-order chi connectivity index (χ1) is 7.75. The van der Waals surface area contributed by atoms with Gasteiger partial charge in [0.15, 0.2) is 5.82 Å². The van der Waals surface area contributed by atoms with Gasteiger partial charge < -0.3 is 15.2 Å². The van der Waals surface area contributed by atoms with Crippen molar-refractivity contribution in [1.82, 2.24) is 25.4 Å². The SMILES string of the molecule is Cn1cnnc1CNC(=O)NC1CCCC1. The number of carbonyl (C=O) groups is 1. The van der Waals surface area contributed by atoms with Crippen LogP contribution in [0, 0.1) is 0 Å². The summed E-state index contributed by atoms with van der Waals surface area (Å²) in [5, 5.41) is 13.4. The summed E-state index contributed by atoms with van der Waals surface area (Å²) in [4.78, 5) is 11.5. The van der Waals surface area contributed by atoms with E-state index in [2.05, 4.69) is 20.8 Å². The minimum atomic E-state index is -0.116. The molecule has 0 bridgehead atoms. The lowest BCUT2D eigenvalue weighted by atomic mass is 10.2. The highest BCUT2D eigenvalue weighted by Gasteiger charge is 2.16. The minimum Gasteiger partial charge on any atom is -0.335 e. The highest BCUT2D eigenvalue weighted by Crippen LogP contribution is 2.17. The number of carbonyl (C=O) groups excluding carboxylic acids is 1. The van der Waals surface area contributed by atoms with Crippen LogP contribution in [0.25, 0.3) is 0 Å². The molecule has 1 aliphatic rings. The molecule has 1 heterocycles.